The van der Waals surface area contributed by atoms with Gasteiger partial charge in [0.1, 0.15) is 11.5 Å². The van der Waals surface area contributed by atoms with E-state index < -0.39 is 0 Å². The van der Waals surface area contributed by atoms with Crippen molar-refractivity contribution in [2.24, 2.45) is 0 Å². The van der Waals surface area contributed by atoms with Crippen molar-refractivity contribution < 1.29 is 0 Å². The predicted molar refractivity (Wildman–Crippen MR) is 164 cm³/mol. The molecule has 1 unspecified atom stereocenters. The van der Waals surface area contributed by atoms with Crippen LogP contribution in [0.2, 0.25) is 0 Å². The van der Waals surface area contributed by atoms with E-state index in [0.29, 0.717) is 41.2 Å². The fraction of sp³-hybridized carbons (Fsp3) is 0.452. The van der Waals surface area contributed by atoms with Gasteiger partial charge in [-0.05, 0) is 96.7 Å². The topological polar surface area (TPSA) is 104 Å². The van der Waals surface area contributed by atoms with E-state index in [-0.39, 0.29) is 5.56 Å². The Morgan fingerprint density at radius 3 is 2.34 bits per heavy atom. The highest BCUT2D eigenvalue weighted by Crippen LogP contribution is 2.27. The van der Waals surface area contributed by atoms with E-state index in [1.54, 1.807) is 23.2 Å². The van der Waals surface area contributed by atoms with Gasteiger partial charge >= 0.3 is 0 Å². The van der Waals surface area contributed by atoms with Crippen molar-refractivity contribution in [2.75, 3.05) is 50.9 Å². The molecule has 0 saturated carbocycles. The number of piperidine rings is 2. The maximum absolute atomic E-state index is 13.5. The summed E-state index contributed by atoms with van der Waals surface area (Å²) in [5, 5.41) is 7.73. The van der Waals surface area contributed by atoms with Crippen LogP contribution in [0.5, 0.6) is 0 Å². The highest BCUT2D eigenvalue weighted by molar-refractivity contribution is 5.81. The molecule has 10 nitrogen and oxygen atoms in total. The Balaban J connectivity index is 1.20. The summed E-state index contributed by atoms with van der Waals surface area (Å²) in [7, 11) is 4.32. The summed E-state index contributed by atoms with van der Waals surface area (Å²) in [6.07, 6.45) is 9.85. The number of anilines is 3. The Kier molecular flexibility index (Phi) is 7.93. The highest BCUT2D eigenvalue weighted by atomic mass is 16.1. The molecule has 3 aromatic heterocycles. The molecule has 10 heteroatoms. The Labute approximate surface area is 240 Å². The third kappa shape index (κ3) is 6.08. The molecule has 5 heterocycles. The van der Waals surface area contributed by atoms with Gasteiger partial charge in [0.15, 0.2) is 0 Å². The second kappa shape index (κ2) is 11.9. The lowest BCUT2D eigenvalue weighted by atomic mass is 9.96. The van der Waals surface area contributed by atoms with E-state index in [9.17, 15) is 4.79 Å². The lowest BCUT2D eigenvalue weighted by molar-refractivity contribution is 0.251. The second-order valence-corrected chi connectivity index (χ2v) is 11.4. The smallest absolute Gasteiger partial charge is 0.260 e. The number of nitrogens with zero attached hydrogens (tertiary/aromatic N) is 7. The van der Waals surface area contributed by atoms with E-state index >= 15 is 0 Å². The van der Waals surface area contributed by atoms with Gasteiger partial charge in [0.25, 0.3) is 5.56 Å². The number of aryl methyl sites for hydroxylation is 1. The van der Waals surface area contributed by atoms with Crippen molar-refractivity contribution in [3.05, 3.63) is 65.1 Å². The summed E-state index contributed by atoms with van der Waals surface area (Å²) < 4.78 is 1.69. The molecule has 2 saturated heterocycles. The average Bonchev–Trinajstić information content (AvgIpc) is 2.99. The number of rotatable bonds is 7. The molecule has 214 valence electrons. The quantitative estimate of drug-likeness (QED) is 0.346. The summed E-state index contributed by atoms with van der Waals surface area (Å²) in [4.78, 5) is 36.8. The molecule has 41 heavy (non-hydrogen) atoms. The number of likely N-dealkylation sites (N-methyl/N-ethyl adjacent to an activating group) is 1. The number of pyridine rings is 1. The SMILES string of the molecule is CCn1c(=O)c(-c2cnc(C3CCN(C)CC3)nc2)cc2cnc(Nc3ccc(NC4CCCN(C)C4)cc3)nc21. The summed E-state index contributed by atoms with van der Waals surface area (Å²) in [6, 6.07) is 10.5. The summed E-state index contributed by atoms with van der Waals surface area (Å²) in [6.45, 7) is 6.78. The summed E-state index contributed by atoms with van der Waals surface area (Å²) in [5.74, 6) is 1.69. The monoisotopic (exact) mass is 553 g/mol. The summed E-state index contributed by atoms with van der Waals surface area (Å²) >= 11 is 0. The van der Waals surface area contributed by atoms with E-state index in [1.807, 2.05) is 25.1 Å². The molecule has 0 amide bonds. The van der Waals surface area contributed by atoms with Gasteiger partial charge in [-0.25, -0.2) is 15.0 Å². The minimum Gasteiger partial charge on any atom is -0.381 e. The van der Waals surface area contributed by atoms with Crippen LogP contribution in [-0.2, 0) is 6.54 Å². The Hall–Kier alpha value is -3.89. The third-order valence-electron chi connectivity index (χ3n) is 8.35. The fourth-order valence-electron chi connectivity index (χ4n) is 5.97. The van der Waals surface area contributed by atoms with Crippen molar-refractivity contribution in [1.29, 1.82) is 0 Å². The van der Waals surface area contributed by atoms with Gasteiger partial charge in [0, 0.05) is 66.0 Å². The van der Waals surface area contributed by atoms with Crippen LogP contribution >= 0.6 is 0 Å². The molecule has 2 aliphatic rings. The van der Waals surface area contributed by atoms with Crippen molar-refractivity contribution in [3.8, 4) is 11.1 Å². The molecule has 0 spiro atoms. The number of hydrogen-bond donors (Lipinski definition) is 2. The van der Waals surface area contributed by atoms with Crippen LogP contribution in [-0.4, -0.2) is 80.6 Å². The Bertz CT molecular complexity index is 1540. The third-order valence-corrected chi connectivity index (χ3v) is 8.35. The standard InChI is InChI=1S/C31H39N9O/c1-4-40-29-22(16-27(30(40)41)23-18-32-28(33-19-23)21-11-14-38(2)15-12-21)17-34-31(37-29)36-25-9-7-24(8-10-25)35-26-6-5-13-39(3)20-26/h7-10,16-19,21,26,35H,4-6,11-15,20H2,1-3H3,(H,34,36,37). The van der Waals surface area contributed by atoms with Gasteiger partial charge in [-0.1, -0.05) is 0 Å². The minimum absolute atomic E-state index is 0.107. The Morgan fingerprint density at radius 2 is 1.63 bits per heavy atom. The van der Waals surface area contributed by atoms with Crippen LogP contribution in [0.15, 0.2) is 53.7 Å². The normalized spacial score (nSPS) is 19.0. The molecule has 2 N–H and O–H groups in total. The van der Waals surface area contributed by atoms with Gasteiger partial charge in [-0.3, -0.25) is 9.36 Å². The van der Waals surface area contributed by atoms with Crippen LogP contribution in [0.25, 0.3) is 22.2 Å². The molecule has 1 atom stereocenters. The molecule has 6 rings (SSSR count). The van der Waals surface area contributed by atoms with Gasteiger partial charge in [-0.2, -0.15) is 4.98 Å². The van der Waals surface area contributed by atoms with Crippen molar-refractivity contribution in [2.45, 2.75) is 51.1 Å². The van der Waals surface area contributed by atoms with Crippen LogP contribution in [0.3, 0.4) is 0 Å². The minimum atomic E-state index is -0.107. The number of likely N-dealkylation sites (tertiary alicyclic amines) is 2. The van der Waals surface area contributed by atoms with Gasteiger partial charge in [0.05, 0.1) is 5.56 Å². The van der Waals surface area contributed by atoms with Gasteiger partial charge < -0.3 is 20.4 Å². The zero-order valence-electron chi connectivity index (χ0n) is 24.2. The number of benzene rings is 1. The number of nitrogens with one attached hydrogen (secondary N) is 2. The maximum Gasteiger partial charge on any atom is 0.260 e. The predicted octanol–water partition coefficient (Wildman–Crippen LogP) is 4.33. The van der Waals surface area contributed by atoms with Crippen molar-refractivity contribution in [1.82, 2.24) is 34.3 Å². The first-order chi connectivity index (χ1) is 20.0. The zero-order valence-corrected chi connectivity index (χ0v) is 24.2. The number of fused-ring (bicyclic) bond motifs is 1. The van der Waals surface area contributed by atoms with E-state index in [1.165, 1.54) is 19.4 Å². The van der Waals surface area contributed by atoms with E-state index in [0.717, 1.165) is 55.1 Å². The number of aromatic nitrogens is 5. The van der Waals surface area contributed by atoms with E-state index in [2.05, 4.69) is 61.6 Å². The first-order valence-electron chi connectivity index (χ1n) is 14.7. The van der Waals surface area contributed by atoms with Gasteiger partial charge in [-0.15, -0.1) is 0 Å². The molecule has 2 aliphatic heterocycles. The van der Waals surface area contributed by atoms with Crippen molar-refractivity contribution >= 4 is 28.4 Å². The van der Waals surface area contributed by atoms with Crippen LogP contribution in [0, 0.1) is 0 Å². The first kappa shape index (κ1) is 27.3. The fourth-order valence-corrected chi connectivity index (χ4v) is 5.97. The molecule has 0 radical (unpaired) electrons. The maximum atomic E-state index is 13.5. The largest absolute Gasteiger partial charge is 0.381 e. The van der Waals surface area contributed by atoms with E-state index in [4.69, 9.17) is 4.98 Å². The summed E-state index contributed by atoms with van der Waals surface area (Å²) in [5.41, 5.74) is 3.76. The lowest BCUT2D eigenvalue weighted by Gasteiger charge is -2.30. The Morgan fingerprint density at radius 1 is 0.902 bits per heavy atom. The first-order valence-corrected chi connectivity index (χ1v) is 14.7. The molecule has 2 fully saturated rings. The molecule has 0 bridgehead atoms. The van der Waals surface area contributed by atoms with Gasteiger partial charge in [0.2, 0.25) is 5.95 Å². The molecule has 4 aromatic rings. The molecular formula is C31H39N9O. The second-order valence-electron chi connectivity index (χ2n) is 11.4. The molecular weight excluding hydrogens is 514 g/mol. The molecule has 0 aliphatic carbocycles. The van der Waals surface area contributed by atoms with Crippen LogP contribution in [0.1, 0.15) is 44.3 Å². The van der Waals surface area contributed by atoms with Crippen molar-refractivity contribution in [3.63, 3.8) is 0 Å². The number of hydrogen-bond acceptors (Lipinski definition) is 9. The van der Waals surface area contributed by atoms with Crippen LogP contribution < -0.4 is 16.2 Å². The highest BCUT2D eigenvalue weighted by Gasteiger charge is 2.21. The average molecular weight is 554 g/mol. The zero-order chi connectivity index (χ0) is 28.3. The lowest BCUT2D eigenvalue weighted by Crippen LogP contribution is -2.39. The molecule has 1 aromatic carbocycles. The van der Waals surface area contributed by atoms with Crippen LogP contribution in [0.4, 0.5) is 17.3 Å².